The summed E-state index contributed by atoms with van der Waals surface area (Å²) in [5, 5.41) is -1.93. The van der Waals surface area contributed by atoms with E-state index in [4.69, 9.17) is 9.47 Å². The Hall–Kier alpha value is 0.850. The van der Waals surface area contributed by atoms with Crippen molar-refractivity contribution in [2.24, 2.45) is 11.8 Å². The number of ether oxygens (including phenoxy) is 2. The summed E-state index contributed by atoms with van der Waals surface area (Å²) in [6, 6.07) is 0. The van der Waals surface area contributed by atoms with Crippen molar-refractivity contribution in [1.29, 1.82) is 0 Å². The molecule has 10 heteroatoms. The molecule has 7 nitrogen and oxygen atoms in total. The van der Waals surface area contributed by atoms with Crippen LogP contribution < -0.4 is 0 Å². The van der Waals surface area contributed by atoms with Gasteiger partial charge in [0.15, 0.2) is 5.25 Å². The van der Waals surface area contributed by atoms with E-state index in [1.165, 1.54) is 25.7 Å². The van der Waals surface area contributed by atoms with Gasteiger partial charge < -0.3 is 9.47 Å². The number of unbranched alkanes of at least 4 members (excludes halogenated alkanes) is 8. The van der Waals surface area contributed by atoms with Crippen LogP contribution in [0, 0.1) is 11.8 Å². The average molecular weight is 527 g/mol. The van der Waals surface area contributed by atoms with E-state index in [2.05, 4.69) is 27.7 Å². The fraction of sp³-hybridized carbons (Fsp3) is 0.917. The molecule has 1 unspecified atom stereocenters. The maximum atomic E-state index is 12.1. The van der Waals surface area contributed by atoms with Gasteiger partial charge in [-0.3, -0.25) is 14.1 Å². The average Bonchev–Trinajstić information content (AvgIpc) is 2.68. The molecule has 194 valence electrons. The summed E-state index contributed by atoms with van der Waals surface area (Å²) >= 11 is 0. The second-order valence-corrected chi connectivity index (χ2v) is 11.1. The Bertz CT molecular complexity index is 610. The van der Waals surface area contributed by atoms with Crippen molar-refractivity contribution in [3.05, 3.63) is 0 Å². The van der Waals surface area contributed by atoms with Crippen molar-refractivity contribution in [2.45, 2.75) is 116 Å². The van der Waals surface area contributed by atoms with Gasteiger partial charge in [0.1, 0.15) is 0 Å². The summed E-state index contributed by atoms with van der Waals surface area (Å²) in [4.78, 5) is 24.0. The van der Waals surface area contributed by atoms with Crippen LogP contribution in [0.15, 0.2) is 0 Å². The van der Waals surface area contributed by atoms with Crippen LogP contribution in [-0.4, -0.2) is 102 Å². The van der Waals surface area contributed by atoms with Crippen LogP contribution in [0.2, 0.25) is 0 Å². The molecule has 34 heavy (non-hydrogen) atoms. The van der Waals surface area contributed by atoms with Gasteiger partial charge >= 0.3 is 71.1 Å². The third-order valence-electron chi connectivity index (χ3n) is 5.33. The standard InChI is InChI=1S/C24H46O7S.2Na.2H/c1-20(2)15-11-7-5-9-13-17-30-23(25)19-22(32(27,28)29)24(26)31-18-14-10-6-8-12-16-21(3)4;;;;/h20-22H,5-19H2,1-4H3,(H,27,28,29);;;;. The fourth-order valence-electron chi connectivity index (χ4n) is 3.34. The Morgan fingerprint density at radius 1 is 0.676 bits per heavy atom. The quantitative estimate of drug-likeness (QED) is 0.108. The van der Waals surface area contributed by atoms with E-state index in [0.717, 1.165) is 38.5 Å². The van der Waals surface area contributed by atoms with Gasteiger partial charge in [0.25, 0.3) is 10.1 Å². The third kappa shape index (κ3) is 24.5. The van der Waals surface area contributed by atoms with E-state index in [1.54, 1.807) is 0 Å². The second kappa shape index (κ2) is 24.2. The van der Waals surface area contributed by atoms with Crippen molar-refractivity contribution >= 4 is 81.2 Å². The van der Waals surface area contributed by atoms with Gasteiger partial charge in [-0.2, -0.15) is 8.42 Å². The van der Waals surface area contributed by atoms with Crippen molar-refractivity contribution in [1.82, 2.24) is 0 Å². The third-order valence-corrected chi connectivity index (χ3v) is 6.41. The number of carbonyl (C=O) groups is 2. The van der Waals surface area contributed by atoms with Gasteiger partial charge in [-0.15, -0.1) is 0 Å². The van der Waals surface area contributed by atoms with Crippen LogP contribution in [0.5, 0.6) is 0 Å². The molecule has 0 aliphatic heterocycles. The summed E-state index contributed by atoms with van der Waals surface area (Å²) < 4.78 is 42.4. The van der Waals surface area contributed by atoms with Crippen LogP contribution in [0.25, 0.3) is 0 Å². The fourth-order valence-corrected chi connectivity index (χ4v) is 4.00. The first-order valence-electron chi connectivity index (χ1n) is 12.3. The van der Waals surface area contributed by atoms with Crippen LogP contribution >= 0.6 is 0 Å². The molecule has 0 radical (unpaired) electrons. The summed E-state index contributed by atoms with van der Waals surface area (Å²) in [5.41, 5.74) is 0. The van der Waals surface area contributed by atoms with Crippen molar-refractivity contribution in [3.8, 4) is 0 Å². The predicted octanol–water partition coefficient (Wildman–Crippen LogP) is 4.42. The molecule has 0 aromatic rings. The summed E-state index contributed by atoms with van der Waals surface area (Å²) in [6.07, 6.45) is 11.5. The van der Waals surface area contributed by atoms with E-state index < -0.39 is 33.7 Å². The first-order chi connectivity index (χ1) is 15.0. The van der Waals surface area contributed by atoms with Crippen molar-refractivity contribution < 1.29 is 32.0 Å². The molecule has 0 aliphatic carbocycles. The normalized spacial score (nSPS) is 12.1. The van der Waals surface area contributed by atoms with Gasteiger partial charge in [-0.1, -0.05) is 91.9 Å². The van der Waals surface area contributed by atoms with Gasteiger partial charge in [0, 0.05) is 0 Å². The van der Waals surface area contributed by atoms with Crippen LogP contribution in [-0.2, 0) is 29.2 Å². The van der Waals surface area contributed by atoms with E-state index in [1.807, 2.05) is 0 Å². The molecule has 0 rings (SSSR count). The topological polar surface area (TPSA) is 107 Å². The molecule has 1 N–H and O–H groups in total. The summed E-state index contributed by atoms with van der Waals surface area (Å²) in [7, 11) is -4.75. The number of rotatable bonds is 20. The minimum atomic E-state index is -4.75. The summed E-state index contributed by atoms with van der Waals surface area (Å²) in [6.45, 7) is 9.03. The van der Waals surface area contributed by atoms with E-state index in [-0.39, 0.29) is 72.3 Å². The second-order valence-electron chi connectivity index (χ2n) is 9.50. The molecule has 0 bridgehead atoms. The molecule has 0 saturated heterocycles. The molecule has 0 aromatic heterocycles. The van der Waals surface area contributed by atoms with Gasteiger partial charge in [-0.25, -0.2) is 0 Å². The van der Waals surface area contributed by atoms with Gasteiger partial charge in [-0.05, 0) is 24.7 Å². The molecule has 0 heterocycles. The van der Waals surface area contributed by atoms with Crippen molar-refractivity contribution in [3.63, 3.8) is 0 Å². The zero-order valence-corrected chi connectivity index (χ0v) is 21.5. The molecule has 1 atom stereocenters. The first kappa shape index (κ1) is 39.4. The first-order valence-corrected chi connectivity index (χ1v) is 13.8. The van der Waals surface area contributed by atoms with Gasteiger partial charge in [0.05, 0.1) is 19.6 Å². The minimum absolute atomic E-state index is 0. The number of carbonyl (C=O) groups excluding carboxylic acids is 2. The van der Waals surface area contributed by atoms with E-state index in [0.29, 0.717) is 24.7 Å². The predicted molar refractivity (Wildman–Crippen MR) is 141 cm³/mol. The monoisotopic (exact) mass is 526 g/mol. The van der Waals surface area contributed by atoms with Gasteiger partial charge in [0.2, 0.25) is 0 Å². The Balaban J connectivity index is -0.00000480. The molecule has 0 aromatic carbocycles. The SMILES string of the molecule is CC(C)CCCCCCCOC(=O)CC(C(=O)OCCCCCCCC(C)C)S(=O)(=O)O.[NaH].[NaH]. The zero-order chi connectivity index (χ0) is 24.4. The molecule has 0 aliphatic rings. The Labute approximate surface area is 252 Å². The Morgan fingerprint density at radius 3 is 1.47 bits per heavy atom. The molecular weight excluding hydrogens is 478 g/mol. The molecule has 0 spiro atoms. The van der Waals surface area contributed by atoms with Crippen LogP contribution in [0.1, 0.15) is 111 Å². The summed E-state index contributed by atoms with van der Waals surface area (Å²) in [5.74, 6) is -0.526. The molecular formula is C24H48Na2O7S. The maximum absolute atomic E-state index is 12.1. The molecule has 0 saturated carbocycles. The number of esters is 2. The Morgan fingerprint density at radius 2 is 1.06 bits per heavy atom. The number of hydrogen-bond acceptors (Lipinski definition) is 6. The van der Waals surface area contributed by atoms with E-state index in [9.17, 15) is 22.6 Å². The molecule has 0 fully saturated rings. The molecule has 0 amide bonds. The van der Waals surface area contributed by atoms with Crippen LogP contribution in [0.3, 0.4) is 0 Å². The zero-order valence-electron chi connectivity index (χ0n) is 20.6. The van der Waals surface area contributed by atoms with E-state index >= 15 is 0 Å². The Kier molecular flexibility index (Phi) is 28.0. The van der Waals surface area contributed by atoms with Crippen LogP contribution in [0.4, 0.5) is 0 Å². The number of hydrogen-bond donors (Lipinski definition) is 1. The van der Waals surface area contributed by atoms with Crippen molar-refractivity contribution in [2.75, 3.05) is 13.2 Å².